The molecule has 2 heterocycles. The molecule has 0 aromatic heterocycles. The van der Waals surface area contributed by atoms with Gasteiger partial charge < -0.3 is 26.0 Å². The van der Waals surface area contributed by atoms with E-state index in [0.29, 0.717) is 43.3 Å². The molecule has 0 spiro atoms. The lowest BCUT2D eigenvalue weighted by atomic mass is 10.0. The predicted octanol–water partition coefficient (Wildman–Crippen LogP) is 4.59. The molecule has 3 atom stereocenters. The second-order valence-corrected chi connectivity index (χ2v) is 13.5. The first-order valence-electron chi connectivity index (χ1n) is 14.2. The van der Waals surface area contributed by atoms with Gasteiger partial charge >= 0.3 is 0 Å². The van der Waals surface area contributed by atoms with Gasteiger partial charge in [0.25, 0.3) is 0 Å². The number of carbonyl (C=O) groups excluding carboxylic acids is 2. The fourth-order valence-electron chi connectivity index (χ4n) is 4.89. The van der Waals surface area contributed by atoms with Gasteiger partial charge in [0.15, 0.2) is 0 Å². The van der Waals surface area contributed by atoms with E-state index in [1.165, 1.54) is 11.1 Å². The van der Waals surface area contributed by atoms with E-state index in [-0.39, 0.29) is 11.8 Å². The molecule has 4 N–H and O–H groups in total. The van der Waals surface area contributed by atoms with Crippen LogP contribution in [0.15, 0.2) is 36.7 Å². The normalized spacial score (nSPS) is 21.0. The molecule has 3 rings (SSSR count). The molecule has 1 aromatic carbocycles. The lowest BCUT2D eigenvalue weighted by molar-refractivity contribution is -0.125. The van der Waals surface area contributed by atoms with E-state index in [2.05, 4.69) is 53.8 Å². The smallest absolute Gasteiger partial charge is 0.244 e. The number of aryl methyl sites for hydroxylation is 2. The van der Waals surface area contributed by atoms with Gasteiger partial charge in [0.1, 0.15) is 0 Å². The molecule has 2 aliphatic rings. The van der Waals surface area contributed by atoms with Gasteiger partial charge in [-0.1, -0.05) is 31.2 Å². The molecule has 1 unspecified atom stereocenters. The highest BCUT2D eigenvalue weighted by atomic mass is 32.2. The predicted molar refractivity (Wildman–Crippen MR) is 163 cm³/mol. The van der Waals surface area contributed by atoms with Gasteiger partial charge in [0.2, 0.25) is 11.8 Å². The molecule has 8 heteroatoms. The van der Waals surface area contributed by atoms with E-state index in [9.17, 15) is 9.59 Å². The van der Waals surface area contributed by atoms with E-state index in [0.717, 1.165) is 36.4 Å². The van der Waals surface area contributed by atoms with Crippen LogP contribution < -0.4 is 21.3 Å². The first kappa shape index (κ1) is 31.1. The third-order valence-electron chi connectivity index (χ3n) is 7.45. The average Bonchev–Trinajstić information content (AvgIpc) is 3.40. The van der Waals surface area contributed by atoms with Crippen LogP contribution in [0, 0.1) is 13.8 Å². The van der Waals surface area contributed by atoms with Crippen LogP contribution >= 0.6 is 11.8 Å². The van der Waals surface area contributed by atoms with E-state index in [4.69, 9.17) is 4.74 Å². The molecule has 2 amide bonds. The fourth-order valence-corrected chi connectivity index (χ4v) is 6.43. The number of amides is 2. The minimum absolute atomic E-state index is 0.0650. The lowest BCUT2D eigenvalue weighted by Gasteiger charge is -2.32. The molecule has 2 fully saturated rings. The van der Waals surface area contributed by atoms with Crippen LogP contribution in [0.25, 0.3) is 6.08 Å². The molecule has 2 aliphatic heterocycles. The molecule has 0 aliphatic carbocycles. The minimum Gasteiger partial charge on any atom is -0.373 e. The maximum absolute atomic E-state index is 12.6. The van der Waals surface area contributed by atoms with Gasteiger partial charge in [-0.05, 0) is 83.6 Å². The summed E-state index contributed by atoms with van der Waals surface area (Å²) in [4.78, 5) is 24.8. The quantitative estimate of drug-likeness (QED) is 0.198. The average molecular weight is 557 g/mol. The number of hydrogen-bond acceptors (Lipinski definition) is 6. The van der Waals surface area contributed by atoms with Crippen molar-refractivity contribution in [3.8, 4) is 0 Å². The number of nitrogens with one attached hydrogen (secondary N) is 4. The van der Waals surface area contributed by atoms with Crippen molar-refractivity contribution >= 4 is 29.7 Å². The summed E-state index contributed by atoms with van der Waals surface area (Å²) in [5, 5.41) is 13.5. The molecule has 0 radical (unpaired) electrons. The van der Waals surface area contributed by atoms with E-state index >= 15 is 0 Å². The summed E-state index contributed by atoms with van der Waals surface area (Å²) in [5.74, 6) is 2.00. The first-order valence-corrected chi connectivity index (χ1v) is 15.2. The van der Waals surface area contributed by atoms with Gasteiger partial charge in [0, 0.05) is 30.0 Å². The van der Waals surface area contributed by atoms with Crippen molar-refractivity contribution in [3.63, 3.8) is 0 Å². The van der Waals surface area contributed by atoms with E-state index in [1.54, 1.807) is 6.08 Å². The zero-order chi connectivity index (χ0) is 28.6. The highest BCUT2D eigenvalue weighted by Crippen LogP contribution is 2.34. The van der Waals surface area contributed by atoms with Crippen LogP contribution in [0.3, 0.4) is 0 Å². The summed E-state index contributed by atoms with van der Waals surface area (Å²) < 4.78 is 6.17. The molecule has 39 heavy (non-hydrogen) atoms. The summed E-state index contributed by atoms with van der Waals surface area (Å²) >= 11 is 2.01. The Hall–Kier alpha value is -2.45. The Kier molecular flexibility index (Phi) is 11.0. The topological polar surface area (TPSA) is 91.5 Å². The van der Waals surface area contributed by atoms with Crippen LogP contribution in [-0.4, -0.2) is 59.2 Å². The van der Waals surface area contributed by atoms with Gasteiger partial charge in [-0.3, -0.25) is 9.59 Å². The Morgan fingerprint density at radius 1 is 1.15 bits per heavy atom. The summed E-state index contributed by atoms with van der Waals surface area (Å²) in [6.45, 7) is 17.0. The molecule has 0 saturated carbocycles. The number of ether oxygens (including phenoxy) is 1. The van der Waals surface area contributed by atoms with Crippen molar-refractivity contribution in [1.82, 2.24) is 21.3 Å². The Labute approximate surface area is 239 Å². The monoisotopic (exact) mass is 556 g/mol. The van der Waals surface area contributed by atoms with Crippen LogP contribution in [0.5, 0.6) is 0 Å². The number of rotatable bonds is 14. The van der Waals surface area contributed by atoms with Crippen molar-refractivity contribution in [2.24, 2.45) is 0 Å². The van der Waals surface area contributed by atoms with Gasteiger partial charge in [-0.25, -0.2) is 0 Å². The Morgan fingerprint density at radius 2 is 1.92 bits per heavy atom. The standard InChI is InChI=1S/C31H48N4O3S/c1-21-12-13-24(18-22(21)2)14-15-27(36)32-17-16-31(6,7)38-20-30(4,5)35-28(37)11-9-8-10-26-29-25(19-39-26)33-23(3)34-29/h12-15,18,25-26,29,33-34H,3,8-11,16-17,19-20H2,1-2,4-7H3,(H,32,36)(H,35,37)/b15-14+/t25-,26?,29-/m0/s1. The van der Waals surface area contributed by atoms with Gasteiger partial charge in [-0.2, -0.15) is 11.8 Å². The maximum atomic E-state index is 12.6. The van der Waals surface area contributed by atoms with Crippen LogP contribution in [0.2, 0.25) is 0 Å². The van der Waals surface area contributed by atoms with Crippen LogP contribution in [0.1, 0.15) is 76.5 Å². The number of unbranched alkanes of at least 4 members (excludes halogenated alkanes) is 1. The Bertz CT molecular complexity index is 1050. The zero-order valence-corrected chi connectivity index (χ0v) is 25.4. The number of carbonyl (C=O) groups is 2. The largest absolute Gasteiger partial charge is 0.373 e. The van der Waals surface area contributed by atoms with Crippen molar-refractivity contribution in [1.29, 1.82) is 0 Å². The SMILES string of the molecule is C=C1N[C@H]2CSC(CCCCC(=O)NC(C)(C)COC(C)(C)CCNC(=O)/C=C/c3ccc(C)c(C)c3)[C@H]2N1. The zero-order valence-electron chi connectivity index (χ0n) is 24.6. The number of benzene rings is 1. The third-order valence-corrected chi connectivity index (χ3v) is 8.96. The second kappa shape index (κ2) is 13.8. The van der Waals surface area contributed by atoms with Crippen LogP contribution in [-0.2, 0) is 14.3 Å². The second-order valence-electron chi connectivity index (χ2n) is 12.2. The lowest BCUT2D eigenvalue weighted by Crippen LogP contribution is -2.49. The highest BCUT2D eigenvalue weighted by molar-refractivity contribution is 8.00. The van der Waals surface area contributed by atoms with Crippen LogP contribution in [0.4, 0.5) is 0 Å². The van der Waals surface area contributed by atoms with Gasteiger partial charge in [0.05, 0.1) is 35.7 Å². The van der Waals surface area contributed by atoms with Crippen molar-refractivity contribution in [2.45, 2.75) is 102 Å². The van der Waals surface area contributed by atoms with Crippen molar-refractivity contribution in [2.75, 3.05) is 18.9 Å². The van der Waals surface area contributed by atoms with Crippen molar-refractivity contribution in [3.05, 3.63) is 53.4 Å². The minimum atomic E-state index is -0.471. The molecular weight excluding hydrogens is 508 g/mol. The fraction of sp³-hybridized carbons (Fsp3) is 0.613. The Morgan fingerprint density at radius 3 is 2.67 bits per heavy atom. The third kappa shape index (κ3) is 10.2. The highest BCUT2D eigenvalue weighted by Gasteiger charge is 2.40. The van der Waals surface area contributed by atoms with Crippen molar-refractivity contribution < 1.29 is 14.3 Å². The number of fused-ring (bicyclic) bond motifs is 1. The molecular formula is C31H48N4O3S. The molecule has 2 saturated heterocycles. The molecule has 7 nitrogen and oxygen atoms in total. The molecule has 0 bridgehead atoms. The van der Waals surface area contributed by atoms with E-state index in [1.807, 2.05) is 51.6 Å². The maximum Gasteiger partial charge on any atom is 0.244 e. The summed E-state index contributed by atoms with van der Waals surface area (Å²) in [6, 6.07) is 7.09. The summed E-state index contributed by atoms with van der Waals surface area (Å²) in [5.41, 5.74) is 2.55. The summed E-state index contributed by atoms with van der Waals surface area (Å²) in [6.07, 6.45) is 7.63. The number of hydrogen-bond donors (Lipinski definition) is 4. The molecule has 1 aromatic rings. The summed E-state index contributed by atoms with van der Waals surface area (Å²) in [7, 11) is 0. The first-order chi connectivity index (χ1) is 18.3. The van der Waals surface area contributed by atoms with E-state index < -0.39 is 11.1 Å². The molecule has 216 valence electrons. The van der Waals surface area contributed by atoms with Gasteiger partial charge in [-0.15, -0.1) is 0 Å². The Balaban J connectivity index is 1.29. The number of thioether (sulfide) groups is 1.